The van der Waals surface area contributed by atoms with Crippen LogP contribution in [0.25, 0.3) is 10.9 Å². The SMILES string of the molecule is CCOC(=O)c1c(C)nc2cccc(OC[C@H](C)NC(=O)c3ccc(OCCO)c(OC)c3)c2c1N. The number of nitrogen functional groups attached to an aromatic ring is 1. The van der Waals surface area contributed by atoms with Crippen molar-refractivity contribution in [3.8, 4) is 17.2 Å². The summed E-state index contributed by atoms with van der Waals surface area (Å²) >= 11 is 0. The largest absolute Gasteiger partial charge is 0.493 e. The zero-order chi connectivity index (χ0) is 26.2. The molecule has 0 fully saturated rings. The van der Waals surface area contributed by atoms with Gasteiger partial charge in [0.1, 0.15) is 24.5 Å². The van der Waals surface area contributed by atoms with Crippen molar-refractivity contribution >= 4 is 28.5 Å². The quantitative estimate of drug-likeness (QED) is 0.341. The first-order chi connectivity index (χ1) is 17.3. The van der Waals surface area contributed by atoms with Crippen LogP contribution in [0, 0.1) is 6.92 Å². The van der Waals surface area contributed by atoms with Gasteiger partial charge < -0.3 is 35.1 Å². The van der Waals surface area contributed by atoms with E-state index in [0.717, 1.165) is 0 Å². The fourth-order valence-corrected chi connectivity index (χ4v) is 3.67. The Labute approximate surface area is 209 Å². The number of esters is 1. The van der Waals surface area contributed by atoms with Gasteiger partial charge in [-0.2, -0.15) is 0 Å². The maximum atomic E-state index is 12.8. The first-order valence-electron chi connectivity index (χ1n) is 11.5. The lowest BCUT2D eigenvalue weighted by atomic mass is 10.1. The number of amides is 1. The van der Waals surface area contributed by atoms with Gasteiger partial charge in [0.25, 0.3) is 5.91 Å². The topological polar surface area (TPSA) is 142 Å². The summed E-state index contributed by atoms with van der Waals surface area (Å²) in [5.74, 6) is 0.389. The molecule has 192 valence electrons. The second-order valence-corrected chi connectivity index (χ2v) is 7.98. The minimum atomic E-state index is -0.541. The average molecular weight is 498 g/mol. The first-order valence-corrected chi connectivity index (χ1v) is 11.5. The van der Waals surface area contributed by atoms with Gasteiger partial charge in [-0.1, -0.05) is 6.07 Å². The Morgan fingerprint density at radius 1 is 1.14 bits per heavy atom. The van der Waals surface area contributed by atoms with E-state index in [4.69, 9.17) is 29.8 Å². The van der Waals surface area contributed by atoms with Gasteiger partial charge in [0.15, 0.2) is 11.5 Å². The van der Waals surface area contributed by atoms with Gasteiger partial charge >= 0.3 is 5.97 Å². The number of nitrogens with one attached hydrogen (secondary N) is 1. The number of hydrogen-bond acceptors (Lipinski definition) is 9. The molecule has 10 nitrogen and oxygen atoms in total. The van der Waals surface area contributed by atoms with E-state index < -0.39 is 5.97 Å². The van der Waals surface area contributed by atoms with Gasteiger partial charge in [-0.3, -0.25) is 9.78 Å². The third-order valence-corrected chi connectivity index (χ3v) is 5.31. The van der Waals surface area contributed by atoms with E-state index in [-0.39, 0.29) is 49.6 Å². The number of aliphatic hydroxyl groups excluding tert-OH is 1. The van der Waals surface area contributed by atoms with Crippen LogP contribution >= 0.6 is 0 Å². The van der Waals surface area contributed by atoms with Crippen molar-refractivity contribution in [2.45, 2.75) is 26.8 Å². The second-order valence-electron chi connectivity index (χ2n) is 7.98. The number of rotatable bonds is 11. The molecule has 10 heteroatoms. The Hall–Kier alpha value is -4.05. The van der Waals surface area contributed by atoms with Crippen LogP contribution in [0.2, 0.25) is 0 Å². The lowest BCUT2D eigenvalue weighted by Gasteiger charge is -2.18. The number of aryl methyl sites for hydroxylation is 1. The summed E-state index contributed by atoms with van der Waals surface area (Å²) < 4.78 is 21.8. The predicted molar refractivity (Wildman–Crippen MR) is 135 cm³/mol. The number of hydrogen-bond donors (Lipinski definition) is 3. The van der Waals surface area contributed by atoms with Gasteiger partial charge in [0.2, 0.25) is 0 Å². The summed E-state index contributed by atoms with van der Waals surface area (Å²) in [5.41, 5.74) is 8.24. The maximum Gasteiger partial charge on any atom is 0.342 e. The molecular formula is C26H31N3O7. The number of anilines is 1. The third kappa shape index (κ3) is 5.95. The van der Waals surface area contributed by atoms with Crippen LogP contribution in [0.3, 0.4) is 0 Å². The monoisotopic (exact) mass is 497 g/mol. The number of nitrogens with zero attached hydrogens (tertiary/aromatic N) is 1. The zero-order valence-electron chi connectivity index (χ0n) is 20.8. The standard InChI is InChI=1S/C26H31N3O7/c1-5-34-26(32)22-16(3)29-18-7-6-8-20(23(18)24(22)27)36-14-15(2)28-25(31)17-9-10-19(35-12-11-30)21(13-17)33-4/h6-10,13,15,30H,5,11-12,14H2,1-4H3,(H2,27,29)(H,28,31)/t15-/m0/s1. The highest BCUT2D eigenvalue weighted by Gasteiger charge is 2.21. The van der Waals surface area contributed by atoms with E-state index in [2.05, 4.69) is 10.3 Å². The van der Waals surface area contributed by atoms with E-state index in [1.165, 1.54) is 7.11 Å². The second kappa shape index (κ2) is 12.1. The Bertz CT molecular complexity index is 1250. The van der Waals surface area contributed by atoms with Gasteiger partial charge in [-0.15, -0.1) is 0 Å². The highest BCUT2D eigenvalue weighted by Crippen LogP contribution is 2.34. The average Bonchev–Trinajstić information content (AvgIpc) is 2.85. The lowest BCUT2D eigenvalue weighted by Crippen LogP contribution is -2.36. The Kier molecular flexibility index (Phi) is 8.91. The number of aliphatic hydroxyl groups is 1. The molecule has 1 aromatic heterocycles. The van der Waals surface area contributed by atoms with E-state index in [9.17, 15) is 9.59 Å². The molecule has 0 saturated heterocycles. The van der Waals surface area contributed by atoms with Crippen LogP contribution in [-0.4, -0.2) is 61.5 Å². The van der Waals surface area contributed by atoms with E-state index in [1.54, 1.807) is 57.2 Å². The number of pyridine rings is 1. The molecule has 0 aliphatic heterocycles. The molecule has 0 aliphatic rings. The molecule has 0 radical (unpaired) electrons. The fraction of sp³-hybridized carbons (Fsp3) is 0.346. The molecule has 36 heavy (non-hydrogen) atoms. The smallest absolute Gasteiger partial charge is 0.342 e. The van der Waals surface area contributed by atoms with Crippen molar-refractivity contribution in [3.63, 3.8) is 0 Å². The minimum absolute atomic E-state index is 0.116. The van der Waals surface area contributed by atoms with Crippen molar-refractivity contribution in [3.05, 3.63) is 53.2 Å². The molecule has 1 atom stereocenters. The molecule has 1 amide bonds. The van der Waals surface area contributed by atoms with E-state index in [1.807, 2.05) is 0 Å². The Morgan fingerprint density at radius 2 is 1.92 bits per heavy atom. The zero-order valence-corrected chi connectivity index (χ0v) is 20.8. The normalized spacial score (nSPS) is 11.6. The highest BCUT2D eigenvalue weighted by atomic mass is 16.5. The predicted octanol–water partition coefficient (Wildman–Crippen LogP) is 2.88. The Morgan fingerprint density at radius 3 is 2.61 bits per heavy atom. The van der Waals surface area contributed by atoms with Crippen LogP contribution < -0.4 is 25.3 Å². The summed E-state index contributed by atoms with van der Waals surface area (Å²) in [4.78, 5) is 29.7. The maximum absolute atomic E-state index is 12.8. The molecular weight excluding hydrogens is 466 g/mol. The molecule has 3 aromatic rings. The molecule has 0 aliphatic carbocycles. The number of aromatic nitrogens is 1. The molecule has 1 heterocycles. The summed E-state index contributed by atoms with van der Waals surface area (Å²) in [7, 11) is 1.47. The van der Waals surface area contributed by atoms with Gasteiger partial charge in [0, 0.05) is 5.56 Å². The van der Waals surface area contributed by atoms with Crippen molar-refractivity contribution in [2.24, 2.45) is 0 Å². The van der Waals surface area contributed by atoms with Crippen LogP contribution in [0.5, 0.6) is 17.2 Å². The highest BCUT2D eigenvalue weighted by molar-refractivity contribution is 6.07. The van der Waals surface area contributed by atoms with Gasteiger partial charge in [0.05, 0.1) is 48.6 Å². The van der Waals surface area contributed by atoms with Crippen molar-refractivity contribution in [2.75, 3.05) is 39.3 Å². The summed E-state index contributed by atoms with van der Waals surface area (Å²) in [6.07, 6.45) is 0. The van der Waals surface area contributed by atoms with Gasteiger partial charge in [-0.05, 0) is 51.1 Å². The van der Waals surface area contributed by atoms with Crippen molar-refractivity contribution in [1.29, 1.82) is 0 Å². The van der Waals surface area contributed by atoms with Crippen molar-refractivity contribution < 1.29 is 33.6 Å². The van der Waals surface area contributed by atoms with Crippen molar-refractivity contribution in [1.82, 2.24) is 10.3 Å². The molecule has 0 unspecified atom stereocenters. The summed E-state index contributed by atoms with van der Waals surface area (Å²) in [6.45, 7) is 5.56. The number of methoxy groups -OCH3 is 1. The third-order valence-electron chi connectivity index (χ3n) is 5.31. The van der Waals surface area contributed by atoms with E-state index in [0.29, 0.717) is 39.4 Å². The molecule has 3 rings (SSSR count). The lowest BCUT2D eigenvalue weighted by molar-refractivity contribution is 0.0526. The molecule has 0 bridgehead atoms. The van der Waals surface area contributed by atoms with Crippen LogP contribution in [0.15, 0.2) is 36.4 Å². The first kappa shape index (κ1) is 26.6. The van der Waals surface area contributed by atoms with E-state index >= 15 is 0 Å². The van der Waals surface area contributed by atoms with Crippen LogP contribution in [0.1, 0.15) is 40.3 Å². The number of carbonyl (C=O) groups excluding carboxylic acids is 2. The minimum Gasteiger partial charge on any atom is -0.493 e. The number of benzene rings is 2. The molecule has 2 aromatic carbocycles. The van der Waals surface area contributed by atoms with Crippen LogP contribution in [0.4, 0.5) is 5.69 Å². The number of nitrogens with two attached hydrogens (primary N) is 1. The molecule has 4 N–H and O–H groups in total. The molecule has 0 spiro atoms. The summed E-state index contributed by atoms with van der Waals surface area (Å²) in [6, 6.07) is 9.71. The number of fused-ring (bicyclic) bond motifs is 1. The number of carbonyl (C=O) groups is 2. The fourth-order valence-electron chi connectivity index (χ4n) is 3.67. The number of ether oxygens (including phenoxy) is 4. The molecule has 0 saturated carbocycles. The summed E-state index contributed by atoms with van der Waals surface area (Å²) in [5, 5.41) is 12.3. The van der Waals surface area contributed by atoms with Gasteiger partial charge in [-0.25, -0.2) is 4.79 Å². The Balaban J connectivity index is 1.74. The van der Waals surface area contributed by atoms with Crippen LogP contribution in [-0.2, 0) is 4.74 Å².